The van der Waals surface area contributed by atoms with Gasteiger partial charge in [0.25, 0.3) is 0 Å². The predicted molar refractivity (Wildman–Crippen MR) is 81.0 cm³/mol. The second-order valence-electron chi connectivity index (χ2n) is 4.54. The van der Waals surface area contributed by atoms with Crippen molar-refractivity contribution in [2.24, 2.45) is 0 Å². The third-order valence-electron chi connectivity index (χ3n) is 2.95. The van der Waals surface area contributed by atoms with Crippen molar-refractivity contribution >= 4 is 17.3 Å². The summed E-state index contributed by atoms with van der Waals surface area (Å²) in [4.78, 5) is 11.0. The Labute approximate surface area is 122 Å². The van der Waals surface area contributed by atoms with Crippen LogP contribution < -0.4 is 15.4 Å². The topological polar surface area (TPSA) is 50.4 Å². The number of hydrogen-bond donors (Lipinski definition) is 2. The first kappa shape index (κ1) is 14.8. The van der Waals surface area contributed by atoms with Crippen LogP contribution in [0.25, 0.3) is 0 Å². The Morgan fingerprint density at radius 2 is 2.00 bits per heavy atom. The molecule has 4 nitrogen and oxygen atoms in total. The Morgan fingerprint density at radius 3 is 2.71 bits per heavy atom. The Kier molecular flexibility index (Phi) is 4.77. The highest BCUT2D eigenvalue weighted by atomic mass is 19.1. The highest BCUT2D eigenvalue weighted by Crippen LogP contribution is 2.22. The molecule has 21 heavy (non-hydrogen) atoms. The third-order valence-corrected chi connectivity index (χ3v) is 2.95. The lowest BCUT2D eigenvalue weighted by Crippen LogP contribution is -2.08. The van der Waals surface area contributed by atoms with Gasteiger partial charge in [-0.15, -0.1) is 0 Å². The van der Waals surface area contributed by atoms with E-state index in [1.165, 1.54) is 13.0 Å². The summed E-state index contributed by atoms with van der Waals surface area (Å²) in [5.41, 5.74) is 1.86. The average molecular weight is 288 g/mol. The van der Waals surface area contributed by atoms with Gasteiger partial charge in [-0.05, 0) is 24.3 Å². The predicted octanol–water partition coefficient (Wildman–Crippen LogP) is 3.40. The summed E-state index contributed by atoms with van der Waals surface area (Å²) >= 11 is 0. The van der Waals surface area contributed by atoms with Gasteiger partial charge in [-0.1, -0.05) is 18.2 Å². The number of hydrogen-bond acceptors (Lipinski definition) is 3. The van der Waals surface area contributed by atoms with Crippen molar-refractivity contribution in [2.45, 2.75) is 13.5 Å². The standard InChI is InChI=1S/C16H17FN2O2/c1-11(20)19-15-9-13(7-8-14(15)17)18-10-12-5-3-4-6-16(12)21-2/h3-9,18H,10H2,1-2H3,(H,19,20). The molecule has 0 aliphatic rings. The molecule has 0 radical (unpaired) electrons. The zero-order valence-corrected chi connectivity index (χ0v) is 11.9. The summed E-state index contributed by atoms with van der Waals surface area (Å²) in [6, 6.07) is 12.1. The first-order valence-corrected chi connectivity index (χ1v) is 6.53. The van der Waals surface area contributed by atoms with Crippen LogP contribution in [0.2, 0.25) is 0 Å². The van der Waals surface area contributed by atoms with Crippen molar-refractivity contribution in [1.29, 1.82) is 0 Å². The molecule has 0 saturated heterocycles. The molecule has 1 amide bonds. The number of nitrogens with one attached hydrogen (secondary N) is 2. The van der Waals surface area contributed by atoms with Gasteiger partial charge in [0.1, 0.15) is 11.6 Å². The lowest BCUT2D eigenvalue weighted by atomic mass is 10.2. The molecule has 0 heterocycles. The van der Waals surface area contributed by atoms with Crippen molar-refractivity contribution in [3.05, 3.63) is 53.8 Å². The maximum absolute atomic E-state index is 13.5. The number of anilines is 2. The molecule has 110 valence electrons. The number of methoxy groups -OCH3 is 1. The van der Waals surface area contributed by atoms with Crippen LogP contribution in [0, 0.1) is 5.82 Å². The molecule has 2 aromatic rings. The van der Waals surface area contributed by atoms with Crippen molar-refractivity contribution in [1.82, 2.24) is 0 Å². The lowest BCUT2D eigenvalue weighted by molar-refractivity contribution is -0.114. The molecule has 0 fully saturated rings. The Bertz CT molecular complexity index is 644. The minimum Gasteiger partial charge on any atom is -0.496 e. The second kappa shape index (κ2) is 6.74. The summed E-state index contributed by atoms with van der Waals surface area (Å²) in [5, 5.41) is 5.63. The van der Waals surface area contributed by atoms with Gasteiger partial charge in [-0.3, -0.25) is 4.79 Å². The zero-order valence-electron chi connectivity index (χ0n) is 11.9. The van der Waals surface area contributed by atoms with Gasteiger partial charge in [0.05, 0.1) is 12.8 Å². The largest absolute Gasteiger partial charge is 0.496 e. The van der Waals surface area contributed by atoms with Gasteiger partial charge in [-0.25, -0.2) is 4.39 Å². The average Bonchev–Trinajstić information content (AvgIpc) is 2.48. The fourth-order valence-corrected chi connectivity index (χ4v) is 1.97. The number of carbonyl (C=O) groups is 1. The molecule has 5 heteroatoms. The van der Waals surface area contributed by atoms with Crippen molar-refractivity contribution in [3.63, 3.8) is 0 Å². The molecule has 0 aromatic heterocycles. The smallest absolute Gasteiger partial charge is 0.221 e. The van der Waals surface area contributed by atoms with Crippen molar-refractivity contribution in [2.75, 3.05) is 17.7 Å². The highest BCUT2D eigenvalue weighted by molar-refractivity contribution is 5.89. The fourth-order valence-electron chi connectivity index (χ4n) is 1.97. The second-order valence-corrected chi connectivity index (χ2v) is 4.54. The van der Waals surface area contributed by atoms with Gasteiger partial charge in [0, 0.05) is 24.7 Å². The SMILES string of the molecule is COc1ccccc1CNc1ccc(F)c(NC(C)=O)c1. The highest BCUT2D eigenvalue weighted by Gasteiger charge is 2.06. The van der Waals surface area contributed by atoms with E-state index in [1.807, 2.05) is 24.3 Å². The number of benzene rings is 2. The first-order valence-electron chi connectivity index (χ1n) is 6.53. The van der Waals surface area contributed by atoms with Crippen LogP contribution >= 0.6 is 0 Å². The van der Waals surface area contributed by atoms with E-state index in [0.29, 0.717) is 12.2 Å². The Hall–Kier alpha value is -2.56. The van der Waals surface area contributed by atoms with Crippen LogP contribution in [0.15, 0.2) is 42.5 Å². The van der Waals surface area contributed by atoms with Gasteiger partial charge >= 0.3 is 0 Å². The molecular formula is C16H17FN2O2. The number of rotatable bonds is 5. The van der Waals surface area contributed by atoms with Crippen molar-refractivity contribution in [3.8, 4) is 5.75 Å². The fraction of sp³-hybridized carbons (Fsp3) is 0.188. The summed E-state index contributed by atoms with van der Waals surface area (Å²) < 4.78 is 18.8. The van der Waals surface area contributed by atoms with Crippen LogP contribution in [0.4, 0.5) is 15.8 Å². The molecule has 2 aromatic carbocycles. The summed E-state index contributed by atoms with van der Waals surface area (Å²) in [7, 11) is 1.62. The molecule has 0 atom stereocenters. The molecule has 0 aliphatic carbocycles. The minimum absolute atomic E-state index is 0.160. The summed E-state index contributed by atoms with van der Waals surface area (Å²) in [6.45, 7) is 1.88. The molecule has 2 rings (SSSR count). The van der Waals surface area contributed by atoms with Gasteiger partial charge in [0.2, 0.25) is 5.91 Å². The Morgan fingerprint density at radius 1 is 1.24 bits per heavy atom. The maximum Gasteiger partial charge on any atom is 0.221 e. The Balaban J connectivity index is 2.11. The normalized spacial score (nSPS) is 10.0. The lowest BCUT2D eigenvalue weighted by Gasteiger charge is -2.12. The summed E-state index contributed by atoms with van der Waals surface area (Å²) in [6.07, 6.45) is 0. The van der Waals surface area contributed by atoms with E-state index in [1.54, 1.807) is 19.2 Å². The van der Waals surface area contributed by atoms with E-state index in [9.17, 15) is 9.18 Å². The number of ether oxygens (including phenoxy) is 1. The molecule has 0 saturated carbocycles. The number of amides is 1. The molecule has 0 spiro atoms. The monoisotopic (exact) mass is 288 g/mol. The maximum atomic E-state index is 13.5. The summed E-state index contributed by atoms with van der Waals surface area (Å²) in [5.74, 6) is 0.0121. The number of halogens is 1. The van der Waals surface area contributed by atoms with Gasteiger partial charge < -0.3 is 15.4 Å². The van der Waals surface area contributed by atoms with E-state index in [2.05, 4.69) is 10.6 Å². The molecule has 0 aliphatic heterocycles. The minimum atomic E-state index is -0.465. The van der Waals surface area contributed by atoms with Crippen molar-refractivity contribution < 1.29 is 13.9 Å². The first-order chi connectivity index (χ1) is 10.1. The van der Waals surface area contributed by atoms with E-state index in [0.717, 1.165) is 11.3 Å². The molecule has 0 bridgehead atoms. The van der Waals surface area contributed by atoms with Crippen LogP contribution in [-0.2, 0) is 11.3 Å². The van der Waals surface area contributed by atoms with E-state index >= 15 is 0 Å². The van der Waals surface area contributed by atoms with E-state index in [4.69, 9.17) is 4.74 Å². The van der Waals surface area contributed by atoms with E-state index < -0.39 is 5.82 Å². The van der Waals surface area contributed by atoms with Crippen LogP contribution in [-0.4, -0.2) is 13.0 Å². The number of para-hydroxylation sites is 1. The number of carbonyl (C=O) groups excluding carboxylic acids is 1. The van der Waals surface area contributed by atoms with Crippen LogP contribution in [0.1, 0.15) is 12.5 Å². The van der Waals surface area contributed by atoms with Gasteiger partial charge in [0.15, 0.2) is 0 Å². The zero-order chi connectivity index (χ0) is 15.2. The molecular weight excluding hydrogens is 271 g/mol. The van der Waals surface area contributed by atoms with Gasteiger partial charge in [-0.2, -0.15) is 0 Å². The molecule has 0 unspecified atom stereocenters. The van der Waals surface area contributed by atoms with Crippen LogP contribution in [0.5, 0.6) is 5.75 Å². The third kappa shape index (κ3) is 3.95. The van der Waals surface area contributed by atoms with E-state index in [-0.39, 0.29) is 11.6 Å². The van der Waals surface area contributed by atoms with Crippen LogP contribution in [0.3, 0.4) is 0 Å². The quantitative estimate of drug-likeness (QED) is 0.886. The molecule has 2 N–H and O–H groups in total.